The topological polar surface area (TPSA) is 64.0 Å². The Morgan fingerprint density at radius 1 is 1.00 bits per heavy atom. The molecule has 0 unspecified atom stereocenters. The third-order valence-electron chi connectivity index (χ3n) is 4.36. The van der Waals surface area contributed by atoms with Gasteiger partial charge in [-0.25, -0.2) is 13.1 Å². The fraction of sp³-hybridized carbons (Fsp3) is 0.0952. The monoisotopic (exact) mass is 409 g/mol. The van der Waals surface area contributed by atoms with Gasteiger partial charge < -0.3 is 0 Å². The molecule has 0 radical (unpaired) electrons. The molecule has 4 rings (SSSR count). The fourth-order valence-electron chi connectivity index (χ4n) is 2.87. The Morgan fingerprint density at radius 2 is 1.75 bits per heavy atom. The van der Waals surface area contributed by atoms with E-state index in [4.69, 9.17) is 0 Å². The number of aryl methyl sites for hydroxylation is 1. The molecule has 5 nitrogen and oxygen atoms in total. The molecule has 0 amide bonds. The zero-order valence-electron chi connectivity index (χ0n) is 15.2. The van der Waals surface area contributed by atoms with E-state index in [1.807, 2.05) is 66.9 Å². The summed E-state index contributed by atoms with van der Waals surface area (Å²) in [5.41, 5.74) is 2.59. The highest BCUT2D eigenvalue weighted by molar-refractivity contribution is 7.92. The summed E-state index contributed by atoms with van der Waals surface area (Å²) in [4.78, 5) is 1.20. The molecule has 0 atom stereocenters. The normalized spacial score (nSPS) is 11.5. The Balaban J connectivity index is 1.75. The van der Waals surface area contributed by atoms with Crippen LogP contribution in [0.5, 0.6) is 0 Å². The number of benzene rings is 2. The second-order valence-corrected chi connectivity index (χ2v) is 8.87. The Bertz CT molecular complexity index is 1160. The molecule has 0 aliphatic carbocycles. The van der Waals surface area contributed by atoms with Crippen molar-refractivity contribution in [2.24, 2.45) is 0 Å². The van der Waals surface area contributed by atoms with Gasteiger partial charge in [-0.2, -0.15) is 5.10 Å². The summed E-state index contributed by atoms with van der Waals surface area (Å²) < 4.78 is 30.2. The van der Waals surface area contributed by atoms with E-state index in [-0.39, 0.29) is 4.90 Å². The molecule has 0 fully saturated rings. The van der Waals surface area contributed by atoms with Crippen molar-refractivity contribution in [3.05, 3.63) is 83.7 Å². The van der Waals surface area contributed by atoms with Crippen LogP contribution in [0.2, 0.25) is 0 Å². The van der Waals surface area contributed by atoms with Crippen LogP contribution in [0.15, 0.2) is 83.1 Å². The number of anilines is 1. The summed E-state index contributed by atoms with van der Waals surface area (Å²) >= 11 is 1.56. The largest absolute Gasteiger partial charge is 0.263 e. The summed E-state index contributed by atoms with van der Waals surface area (Å²) in [6, 6.07) is 22.1. The van der Waals surface area contributed by atoms with Crippen LogP contribution in [0.1, 0.15) is 12.5 Å². The number of hydrogen-bond donors (Lipinski definition) is 1. The minimum atomic E-state index is -3.73. The molecule has 2 heterocycles. The first kappa shape index (κ1) is 18.5. The predicted molar refractivity (Wildman–Crippen MR) is 114 cm³/mol. The molecule has 0 spiro atoms. The summed E-state index contributed by atoms with van der Waals surface area (Å²) in [6.45, 7) is 2.03. The molecule has 0 aliphatic heterocycles. The Labute approximate surface area is 168 Å². The van der Waals surface area contributed by atoms with Crippen molar-refractivity contribution in [1.29, 1.82) is 0 Å². The first-order valence-corrected chi connectivity index (χ1v) is 11.2. The van der Waals surface area contributed by atoms with Crippen LogP contribution in [-0.4, -0.2) is 18.2 Å². The molecule has 0 bridgehead atoms. The molecule has 142 valence electrons. The number of nitrogens with one attached hydrogen (secondary N) is 1. The van der Waals surface area contributed by atoms with Gasteiger partial charge in [0, 0.05) is 6.07 Å². The lowest BCUT2D eigenvalue weighted by Crippen LogP contribution is -2.16. The summed E-state index contributed by atoms with van der Waals surface area (Å²) in [5.74, 6) is 0.397. The van der Waals surface area contributed by atoms with Crippen LogP contribution in [0.3, 0.4) is 0 Å². The van der Waals surface area contributed by atoms with E-state index in [1.165, 1.54) is 0 Å². The van der Waals surface area contributed by atoms with Crippen LogP contribution in [-0.2, 0) is 16.4 Å². The first-order chi connectivity index (χ1) is 13.6. The highest BCUT2D eigenvalue weighted by Crippen LogP contribution is 2.29. The molecule has 2 aromatic heterocycles. The quantitative estimate of drug-likeness (QED) is 0.489. The van der Waals surface area contributed by atoms with Crippen molar-refractivity contribution >= 4 is 27.2 Å². The van der Waals surface area contributed by atoms with Gasteiger partial charge in [-0.1, -0.05) is 43.3 Å². The number of para-hydroxylation sites is 1. The van der Waals surface area contributed by atoms with Gasteiger partial charge >= 0.3 is 0 Å². The highest BCUT2D eigenvalue weighted by atomic mass is 32.2. The average molecular weight is 410 g/mol. The van der Waals surface area contributed by atoms with E-state index in [2.05, 4.69) is 9.82 Å². The molecule has 0 saturated carbocycles. The minimum Gasteiger partial charge on any atom is -0.263 e. The number of thiophene rings is 1. The van der Waals surface area contributed by atoms with Gasteiger partial charge in [0.2, 0.25) is 0 Å². The van der Waals surface area contributed by atoms with Crippen molar-refractivity contribution in [1.82, 2.24) is 9.78 Å². The summed E-state index contributed by atoms with van der Waals surface area (Å²) in [6.07, 6.45) is 0.860. The van der Waals surface area contributed by atoms with E-state index < -0.39 is 10.0 Å². The van der Waals surface area contributed by atoms with E-state index in [1.54, 1.807) is 34.2 Å². The standard InChI is InChI=1S/C21H19N3O2S2/c1-2-16-10-12-18(13-11-16)28(25,26)23-21-15-19(20-9-6-14-27-20)22-24(21)17-7-4-3-5-8-17/h3-15,23H,2H2,1H3. The van der Waals surface area contributed by atoms with E-state index in [9.17, 15) is 8.42 Å². The van der Waals surface area contributed by atoms with Gasteiger partial charge in [0.1, 0.15) is 11.5 Å². The molecule has 0 aliphatic rings. The molecule has 4 aromatic rings. The molecular formula is C21H19N3O2S2. The van der Waals surface area contributed by atoms with Crippen LogP contribution >= 0.6 is 11.3 Å². The minimum absolute atomic E-state index is 0.225. The van der Waals surface area contributed by atoms with Crippen LogP contribution in [0.4, 0.5) is 5.82 Å². The third-order valence-corrected chi connectivity index (χ3v) is 6.63. The summed E-state index contributed by atoms with van der Waals surface area (Å²) in [7, 11) is -3.73. The molecular weight excluding hydrogens is 390 g/mol. The number of hydrogen-bond acceptors (Lipinski definition) is 4. The SMILES string of the molecule is CCc1ccc(S(=O)(=O)Nc2cc(-c3cccs3)nn2-c2ccccc2)cc1. The predicted octanol–water partition coefficient (Wildman–Crippen LogP) is 4.96. The molecule has 7 heteroatoms. The average Bonchev–Trinajstić information content (AvgIpc) is 3.38. The lowest BCUT2D eigenvalue weighted by atomic mass is 10.2. The van der Waals surface area contributed by atoms with Gasteiger partial charge in [-0.15, -0.1) is 11.3 Å². The number of rotatable bonds is 6. The Kier molecular flexibility index (Phi) is 5.02. The van der Waals surface area contributed by atoms with Crippen LogP contribution < -0.4 is 4.72 Å². The van der Waals surface area contributed by atoms with Crippen LogP contribution in [0.25, 0.3) is 16.3 Å². The second-order valence-electron chi connectivity index (χ2n) is 6.24. The first-order valence-electron chi connectivity index (χ1n) is 8.88. The third kappa shape index (κ3) is 3.72. The van der Waals surface area contributed by atoms with E-state index in [0.717, 1.165) is 28.2 Å². The Hall–Kier alpha value is -2.90. The molecule has 1 N–H and O–H groups in total. The van der Waals surface area contributed by atoms with Gasteiger partial charge in [-0.3, -0.25) is 4.72 Å². The van der Waals surface area contributed by atoms with Crippen molar-refractivity contribution < 1.29 is 8.42 Å². The van der Waals surface area contributed by atoms with Crippen LogP contribution in [0, 0.1) is 0 Å². The number of aromatic nitrogens is 2. The fourth-order valence-corrected chi connectivity index (χ4v) is 4.58. The highest BCUT2D eigenvalue weighted by Gasteiger charge is 2.19. The Morgan fingerprint density at radius 3 is 2.39 bits per heavy atom. The molecule has 28 heavy (non-hydrogen) atoms. The van der Waals surface area contributed by atoms with Crippen molar-refractivity contribution in [3.8, 4) is 16.3 Å². The van der Waals surface area contributed by atoms with Crippen molar-refractivity contribution in [2.75, 3.05) is 4.72 Å². The second kappa shape index (κ2) is 7.61. The van der Waals surface area contributed by atoms with Crippen molar-refractivity contribution in [2.45, 2.75) is 18.2 Å². The maximum absolute atomic E-state index is 12.9. The van der Waals surface area contributed by atoms with Crippen molar-refractivity contribution in [3.63, 3.8) is 0 Å². The molecule has 2 aromatic carbocycles. The summed E-state index contributed by atoms with van der Waals surface area (Å²) in [5, 5.41) is 6.60. The number of nitrogens with zero attached hydrogens (tertiary/aromatic N) is 2. The molecule has 0 saturated heterocycles. The van der Waals surface area contributed by atoms with Gasteiger partial charge in [0.25, 0.3) is 10.0 Å². The van der Waals surface area contributed by atoms with Gasteiger partial charge in [-0.05, 0) is 47.7 Å². The zero-order valence-corrected chi connectivity index (χ0v) is 16.9. The van der Waals surface area contributed by atoms with Gasteiger partial charge in [0.15, 0.2) is 0 Å². The zero-order chi connectivity index (χ0) is 19.6. The van der Waals surface area contributed by atoms with E-state index >= 15 is 0 Å². The maximum Gasteiger partial charge on any atom is 0.263 e. The lowest BCUT2D eigenvalue weighted by molar-refractivity contribution is 0.600. The smallest absolute Gasteiger partial charge is 0.263 e. The number of sulfonamides is 1. The van der Waals surface area contributed by atoms with E-state index in [0.29, 0.717) is 5.82 Å². The van der Waals surface area contributed by atoms with Gasteiger partial charge in [0.05, 0.1) is 15.5 Å². The lowest BCUT2D eigenvalue weighted by Gasteiger charge is -2.11. The maximum atomic E-state index is 12.9.